The highest BCUT2D eigenvalue weighted by molar-refractivity contribution is 8.01. The normalized spacial score (nSPS) is 12.2. The van der Waals surface area contributed by atoms with Gasteiger partial charge in [0.05, 0.1) is 16.8 Å². The van der Waals surface area contributed by atoms with Crippen LogP contribution in [-0.2, 0) is 0 Å². The Morgan fingerprint density at radius 3 is 2.79 bits per heavy atom. The molecule has 0 amide bonds. The van der Waals surface area contributed by atoms with E-state index in [-0.39, 0.29) is 16.7 Å². The van der Waals surface area contributed by atoms with Gasteiger partial charge in [0, 0.05) is 4.92 Å². The van der Waals surface area contributed by atoms with Crippen LogP contribution in [0.3, 0.4) is 0 Å². The summed E-state index contributed by atoms with van der Waals surface area (Å²) >= 11 is 2.98. The first-order chi connectivity index (χ1) is 11.7. The maximum absolute atomic E-state index is 11.0. The van der Waals surface area contributed by atoms with E-state index in [0.717, 1.165) is 25.9 Å². The van der Waals surface area contributed by atoms with Gasteiger partial charge < -0.3 is 4.74 Å². The molecule has 7 heteroatoms. The summed E-state index contributed by atoms with van der Waals surface area (Å²) in [5, 5.41) is 10.8. The molecule has 1 atom stereocenters. The minimum atomic E-state index is -0.273. The first-order valence-corrected chi connectivity index (χ1v) is 9.22. The summed E-state index contributed by atoms with van der Waals surface area (Å²) in [5.41, 5.74) is 1.83. The van der Waals surface area contributed by atoms with Crippen molar-refractivity contribution in [2.24, 2.45) is 0 Å². The van der Waals surface area contributed by atoms with Crippen molar-refractivity contribution < 1.29 is 9.66 Å². The van der Waals surface area contributed by atoms with Crippen molar-refractivity contribution in [1.29, 1.82) is 0 Å². The van der Waals surface area contributed by atoms with Crippen LogP contribution in [0, 0.1) is 10.1 Å². The number of thiazole rings is 1. The molecule has 0 spiro atoms. The molecule has 1 heterocycles. The Balaban J connectivity index is 1.86. The number of nitro groups is 1. The van der Waals surface area contributed by atoms with Gasteiger partial charge in [0.15, 0.2) is 4.34 Å². The minimum absolute atomic E-state index is 0.130. The second kappa shape index (κ2) is 7.63. The molecule has 0 unspecified atom stereocenters. The van der Waals surface area contributed by atoms with Crippen LogP contribution in [0.5, 0.6) is 5.75 Å². The summed E-state index contributed by atoms with van der Waals surface area (Å²) < 4.78 is 7.36. The lowest BCUT2D eigenvalue weighted by molar-refractivity contribution is -0.479. The highest BCUT2D eigenvalue weighted by atomic mass is 32.2. The summed E-state index contributed by atoms with van der Waals surface area (Å²) in [4.78, 5) is 15.3. The predicted molar refractivity (Wildman–Crippen MR) is 97.7 cm³/mol. The van der Waals surface area contributed by atoms with E-state index >= 15 is 0 Å². The quantitative estimate of drug-likeness (QED) is 0.344. The Hall–Kier alpha value is -2.12. The number of ether oxygens (including phenoxy) is 1. The van der Waals surface area contributed by atoms with Gasteiger partial charge in [-0.05, 0) is 30.7 Å². The Morgan fingerprint density at radius 1 is 1.29 bits per heavy atom. The van der Waals surface area contributed by atoms with Gasteiger partial charge in [-0.25, -0.2) is 4.98 Å². The molecule has 3 rings (SSSR count). The molecular formula is C17H16N2O3S2. The maximum Gasteiger partial charge on any atom is 0.220 e. The van der Waals surface area contributed by atoms with Gasteiger partial charge in [-0.1, -0.05) is 42.1 Å². The summed E-state index contributed by atoms with van der Waals surface area (Å²) in [5.74, 6) is 0.815. The van der Waals surface area contributed by atoms with Gasteiger partial charge >= 0.3 is 0 Å². The molecule has 0 N–H and O–H groups in total. The van der Waals surface area contributed by atoms with Crippen molar-refractivity contribution >= 4 is 33.3 Å². The largest absolute Gasteiger partial charge is 0.494 e. The molecule has 24 heavy (non-hydrogen) atoms. The van der Waals surface area contributed by atoms with Crippen LogP contribution in [0.2, 0.25) is 0 Å². The summed E-state index contributed by atoms with van der Waals surface area (Å²) in [7, 11) is 0. The third-order valence-corrected chi connectivity index (χ3v) is 5.73. The first-order valence-electron chi connectivity index (χ1n) is 7.52. The predicted octanol–water partition coefficient (Wildman–Crippen LogP) is 4.81. The molecule has 0 aliphatic rings. The third-order valence-electron chi connectivity index (χ3n) is 3.38. The zero-order chi connectivity index (χ0) is 16.9. The van der Waals surface area contributed by atoms with E-state index in [4.69, 9.17) is 4.74 Å². The average Bonchev–Trinajstić information content (AvgIpc) is 2.96. The molecule has 124 valence electrons. The van der Waals surface area contributed by atoms with Crippen molar-refractivity contribution in [1.82, 2.24) is 4.98 Å². The van der Waals surface area contributed by atoms with Crippen LogP contribution in [-0.4, -0.2) is 23.1 Å². The monoisotopic (exact) mass is 360 g/mol. The molecule has 5 nitrogen and oxygen atoms in total. The summed E-state index contributed by atoms with van der Waals surface area (Å²) in [6.45, 7) is 2.43. The van der Waals surface area contributed by atoms with E-state index in [2.05, 4.69) is 4.98 Å². The Bertz CT molecular complexity index is 836. The highest BCUT2D eigenvalue weighted by Crippen LogP contribution is 2.40. The van der Waals surface area contributed by atoms with E-state index < -0.39 is 0 Å². The fraction of sp³-hybridized carbons (Fsp3) is 0.235. The van der Waals surface area contributed by atoms with Crippen LogP contribution in [0.25, 0.3) is 10.2 Å². The van der Waals surface area contributed by atoms with Gasteiger partial charge in [0.25, 0.3) is 0 Å². The number of aromatic nitrogens is 1. The van der Waals surface area contributed by atoms with E-state index in [1.165, 1.54) is 23.1 Å². The first kappa shape index (κ1) is 16.7. The van der Waals surface area contributed by atoms with Crippen LogP contribution >= 0.6 is 23.1 Å². The topological polar surface area (TPSA) is 65.3 Å². The Labute approximate surface area is 147 Å². The van der Waals surface area contributed by atoms with Crippen molar-refractivity contribution in [3.63, 3.8) is 0 Å². The Morgan fingerprint density at radius 2 is 2.08 bits per heavy atom. The molecule has 0 bridgehead atoms. The molecule has 0 saturated heterocycles. The number of thioether (sulfide) groups is 1. The molecule has 0 fully saturated rings. The average molecular weight is 360 g/mol. The summed E-state index contributed by atoms with van der Waals surface area (Å²) in [6.07, 6.45) is 0. The van der Waals surface area contributed by atoms with Crippen molar-refractivity contribution in [3.05, 3.63) is 64.2 Å². The van der Waals surface area contributed by atoms with Gasteiger partial charge in [-0.3, -0.25) is 10.1 Å². The fourth-order valence-electron chi connectivity index (χ4n) is 2.33. The lowest BCUT2D eigenvalue weighted by Crippen LogP contribution is -2.09. The zero-order valence-electron chi connectivity index (χ0n) is 13.0. The number of hydrogen-bond donors (Lipinski definition) is 0. The van der Waals surface area contributed by atoms with Crippen LogP contribution in [0.4, 0.5) is 0 Å². The standard InChI is InChI=1S/C17H16N2O3S2/c1-2-22-13-8-9-14-15(10-13)23-17(18-14)24-16(11-19(20)21)12-6-4-3-5-7-12/h3-10,16H,2,11H2,1H3/t16-/m0/s1. The lowest BCUT2D eigenvalue weighted by Gasteiger charge is -2.10. The number of rotatable bonds is 7. The van der Waals surface area contributed by atoms with Crippen LogP contribution < -0.4 is 4.74 Å². The van der Waals surface area contributed by atoms with Crippen molar-refractivity contribution in [3.8, 4) is 5.75 Å². The summed E-state index contributed by atoms with van der Waals surface area (Å²) in [6, 6.07) is 15.3. The fourth-order valence-corrected chi connectivity index (χ4v) is 4.75. The SMILES string of the molecule is CCOc1ccc2nc(S[C@@H](C[N+](=O)[O-])c3ccccc3)sc2c1. The lowest BCUT2D eigenvalue weighted by atomic mass is 10.1. The number of benzene rings is 2. The van der Waals surface area contributed by atoms with Gasteiger partial charge in [-0.2, -0.15) is 0 Å². The molecular weight excluding hydrogens is 344 g/mol. The number of nitrogens with zero attached hydrogens (tertiary/aromatic N) is 2. The molecule has 0 radical (unpaired) electrons. The van der Waals surface area contributed by atoms with Crippen molar-refractivity contribution in [2.45, 2.75) is 16.5 Å². The van der Waals surface area contributed by atoms with E-state index in [1.54, 1.807) is 0 Å². The maximum atomic E-state index is 11.0. The van der Waals surface area contributed by atoms with Crippen LogP contribution in [0.1, 0.15) is 17.7 Å². The van der Waals surface area contributed by atoms with Crippen LogP contribution in [0.15, 0.2) is 52.9 Å². The molecule has 0 aliphatic heterocycles. The van der Waals surface area contributed by atoms with Gasteiger partial charge in [0.2, 0.25) is 6.54 Å². The molecule has 1 aromatic heterocycles. The molecule has 2 aromatic carbocycles. The third kappa shape index (κ3) is 4.04. The molecule has 0 aliphatic carbocycles. The highest BCUT2D eigenvalue weighted by Gasteiger charge is 2.21. The second-order valence-corrected chi connectivity index (χ2v) is 7.56. The van der Waals surface area contributed by atoms with E-state index in [1.807, 2.05) is 55.5 Å². The number of fused-ring (bicyclic) bond motifs is 1. The smallest absolute Gasteiger partial charge is 0.220 e. The molecule has 3 aromatic rings. The minimum Gasteiger partial charge on any atom is -0.494 e. The number of hydrogen-bond acceptors (Lipinski definition) is 6. The van der Waals surface area contributed by atoms with E-state index in [0.29, 0.717) is 6.61 Å². The Kier molecular flexibility index (Phi) is 5.32. The van der Waals surface area contributed by atoms with Gasteiger partial charge in [-0.15, -0.1) is 11.3 Å². The van der Waals surface area contributed by atoms with Gasteiger partial charge in [0.1, 0.15) is 11.0 Å². The molecule has 0 saturated carbocycles. The van der Waals surface area contributed by atoms with Crippen molar-refractivity contribution in [2.75, 3.05) is 13.2 Å². The zero-order valence-corrected chi connectivity index (χ0v) is 14.7. The second-order valence-electron chi connectivity index (χ2n) is 5.07. The van der Waals surface area contributed by atoms with E-state index in [9.17, 15) is 10.1 Å².